The van der Waals surface area contributed by atoms with E-state index < -0.39 is 0 Å². The molecule has 1 fully saturated rings. The lowest BCUT2D eigenvalue weighted by Crippen LogP contribution is -2.48. The van der Waals surface area contributed by atoms with Gasteiger partial charge >= 0.3 is 0 Å². The van der Waals surface area contributed by atoms with Crippen LogP contribution in [0.25, 0.3) is 0 Å². The van der Waals surface area contributed by atoms with E-state index in [-0.39, 0.29) is 17.7 Å². The lowest BCUT2D eigenvalue weighted by atomic mass is 10.1. The van der Waals surface area contributed by atoms with E-state index in [0.717, 1.165) is 6.42 Å². The van der Waals surface area contributed by atoms with Crippen LogP contribution < -0.4 is 0 Å². The van der Waals surface area contributed by atoms with E-state index in [9.17, 15) is 9.90 Å². The Labute approximate surface area is 100 Å². The van der Waals surface area contributed by atoms with Crippen LogP contribution in [0, 0.1) is 0 Å². The molecule has 2 rings (SSSR count). The maximum absolute atomic E-state index is 12.2. The minimum absolute atomic E-state index is 0.0113. The van der Waals surface area contributed by atoms with Crippen molar-refractivity contribution in [2.24, 2.45) is 0 Å². The quantitative estimate of drug-likeness (QED) is 0.833. The second-order valence-electron chi connectivity index (χ2n) is 4.07. The molecule has 0 saturated carbocycles. The van der Waals surface area contributed by atoms with Crippen molar-refractivity contribution in [3.8, 4) is 5.75 Å². The van der Waals surface area contributed by atoms with Crippen LogP contribution in [0.3, 0.4) is 0 Å². The van der Waals surface area contributed by atoms with Crippen molar-refractivity contribution in [3.05, 3.63) is 24.0 Å². The maximum Gasteiger partial charge on any atom is 0.255 e. The van der Waals surface area contributed by atoms with E-state index in [1.807, 2.05) is 6.92 Å². The third-order valence-electron chi connectivity index (χ3n) is 2.93. The molecule has 1 aromatic heterocycles. The molecule has 1 aliphatic rings. The monoisotopic (exact) mass is 236 g/mol. The number of amides is 1. The number of aromatic nitrogens is 1. The summed E-state index contributed by atoms with van der Waals surface area (Å²) in [6, 6.07) is 1.55. The van der Waals surface area contributed by atoms with Crippen LogP contribution >= 0.6 is 0 Å². The Hall–Kier alpha value is -1.62. The largest absolute Gasteiger partial charge is 0.506 e. The predicted molar refractivity (Wildman–Crippen MR) is 61.8 cm³/mol. The number of carbonyl (C=O) groups is 1. The Kier molecular flexibility index (Phi) is 3.58. The van der Waals surface area contributed by atoms with Gasteiger partial charge in [0.1, 0.15) is 5.75 Å². The van der Waals surface area contributed by atoms with E-state index in [0.29, 0.717) is 25.3 Å². The highest BCUT2D eigenvalue weighted by atomic mass is 16.5. The van der Waals surface area contributed by atoms with Gasteiger partial charge < -0.3 is 14.7 Å². The second-order valence-corrected chi connectivity index (χ2v) is 4.07. The molecule has 92 valence electrons. The van der Waals surface area contributed by atoms with Crippen molar-refractivity contribution in [2.75, 3.05) is 19.8 Å². The van der Waals surface area contributed by atoms with Gasteiger partial charge in [0.05, 0.1) is 31.0 Å². The van der Waals surface area contributed by atoms with Crippen LogP contribution in [-0.4, -0.2) is 46.7 Å². The highest BCUT2D eigenvalue weighted by molar-refractivity contribution is 5.94. The van der Waals surface area contributed by atoms with Crippen LogP contribution in [0.1, 0.15) is 23.7 Å². The first-order chi connectivity index (χ1) is 8.22. The molecule has 1 saturated heterocycles. The summed E-state index contributed by atoms with van der Waals surface area (Å²) in [6.45, 7) is 3.76. The fourth-order valence-corrected chi connectivity index (χ4v) is 1.97. The summed E-state index contributed by atoms with van der Waals surface area (Å²) in [5.41, 5.74) is 0.422. The molecule has 0 radical (unpaired) electrons. The van der Waals surface area contributed by atoms with Crippen molar-refractivity contribution in [1.82, 2.24) is 9.88 Å². The number of rotatable bonds is 2. The molecule has 1 aromatic rings. The minimum Gasteiger partial charge on any atom is -0.506 e. The topological polar surface area (TPSA) is 62.7 Å². The summed E-state index contributed by atoms with van der Waals surface area (Å²) in [7, 11) is 0. The van der Waals surface area contributed by atoms with E-state index >= 15 is 0 Å². The SMILES string of the molecule is CCC1COCCN1C(=O)c1cncc(O)c1. The van der Waals surface area contributed by atoms with E-state index in [2.05, 4.69) is 4.98 Å². The summed E-state index contributed by atoms with van der Waals surface area (Å²) < 4.78 is 5.35. The molecule has 17 heavy (non-hydrogen) atoms. The molecule has 1 atom stereocenters. The Morgan fingerprint density at radius 3 is 3.18 bits per heavy atom. The number of nitrogens with zero attached hydrogens (tertiary/aromatic N) is 2. The fourth-order valence-electron chi connectivity index (χ4n) is 1.97. The molecule has 0 aliphatic carbocycles. The molecule has 1 aliphatic heterocycles. The molecule has 1 amide bonds. The van der Waals surface area contributed by atoms with Crippen molar-refractivity contribution in [2.45, 2.75) is 19.4 Å². The van der Waals surface area contributed by atoms with Crippen LogP contribution in [0.5, 0.6) is 5.75 Å². The van der Waals surface area contributed by atoms with Crippen LogP contribution in [-0.2, 0) is 4.74 Å². The van der Waals surface area contributed by atoms with Gasteiger partial charge in [0.15, 0.2) is 0 Å². The van der Waals surface area contributed by atoms with Gasteiger partial charge in [-0.25, -0.2) is 0 Å². The molecule has 1 unspecified atom stereocenters. The average molecular weight is 236 g/mol. The lowest BCUT2D eigenvalue weighted by molar-refractivity contribution is -0.00283. The van der Waals surface area contributed by atoms with Gasteiger partial charge in [-0.2, -0.15) is 0 Å². The van der Waals surface area contributed by atoms with Gasteiger partial charge in [0.2, 0.25) is 0 Å². The predicted octanol–water partition coefficient (Wildman–Crippen LogP) is 1.04. The van der Waals surface area contributed by atoms with Gasteiger partial charge in [0, 0.05) is 12.7 Å². The standard InChI is InChI=1S/C12H16N2O3/c1-2-10-8-17-4-3-14(10)12(16)9-5-11(15)7-13-6-9/h5-7,10,15H,2-4,8H2,1H3. The Balaban J connectivity index is 2.18. The third-order valence-corrected chi connectivity index (χ3v) is 2.93. The van der Waals surface area contributed by atoms with E-state index in [1.54, 1.807) is 4.90 Å². The van der Waals surface area contributed by atoms with Crippen molar-refractivity contribution >= 4 is 5.91 Å². The molecule has 5 nitrogen and oxygen atoms in total. The highest BCUT2D eigenvalue weighted by Gasteiger charge is 2.26. The number of aromatic hydroxyl groups is 1. The Morgan fingerprint density at radius 1 is 1.65 bits per heavy atom. The van der Waals surface area contributed by atoms with Crippen LogP contribution in [0.15, 0.2) is 18.5 Å². The molecule has 1 N–H and O–H groups in total. The first-order valence-electron chi connectivity index (χ1n) is 5.75. The molecule has 0 spiro atoms. The first kappa shape index (κ1) is 11.9. The van der Waals surface area contributed by atoms with Gasteiger partial charge in [-0.3, -0.25) is 9.78 Å². The van der Waals surface area contributed by atoms with E-state index in [4.69, 9.17) is 4.74 Å². The molecule has 5 heteroatoms. The summed E-state index contributed by atoms with van der Waals surface area (Å²) in [6.07, 6.45) is 3.65. The number of hydrogen-bond acceptors (Lipinski definition) is 4. The average Bonchev–Trinajstić information content (AvgIpc) is 2.38. The number of ether oxygens (including phenoxy) is 1. The van der Waals surface area contributed by atoms with Gasteiger partial charge in [-0.1, -0.05) is 6.92 Å². The summed E-state index contributed by atoms with van der Waals surface area (Å²) in [4.78, 5) is 17.9. The summed E-state index contributed by atoms with van der Waals surface area (Å²) in [5, 5.41) is 9.33. The van der Waals surface area contributed by atoms with Crippen molar-refractivity contribution in [3.63, 3.8) is 0 Å². The number of hydrogen-bond donors (Lipinski definition) is 1. The highest BCUT2D eigenvalue weighted by Crippen LogP contribution is 2.16. The number of pyridine rings is 1. The molecule has 2 heterocycles. The van der Waals surface area contributed by atoms with Gasteiger partial charge in [0.25, 0.3) is 5.91 Å². The maximum atomic E-state index is 12.2. The molecule has 0 aromatic carbocycles. The number of morpholine rings is 1. The molecular weight excluding hydrogens is 220 g/mol. The van der Waals surface area contributed by atoms with E-state index in [1.165, 1.54) is 18.5 Å². The zero-order valence-electron chi connectivity index (χ0n) is 9.80. The molecule has 0 bridgehead atoms. The van der Waals surface area contributed by atoms with Crippen LogP contribution in [0.4, 0.5) is 0 Å². The van der Waals surface area contributed by atoms with Crippen LogP contribution in [0.2, 0.25) is 0 Å². The third kappa shape index (κ3) is 2.55. The lowest BCUT2D eigenvalue weighted by Gasteiger charge is -2.35. The smallest absolute Gasteiger partial charge is 0.255 e. The zero-order valence-corrected chi connectivity index (χ0v) is 9.80. The van der Waals surface area contributed by atoms with Crippen molar-refractivity contribution < 1.29 is 14.6 Å². The summed E-state index contributed by atoms with van der Waals surface area (Å²) in [5.74, 6) is -0.0827. The van der Waals surface area contributed by atoms with Gasteiger partial charge in [-0.15, -0.1) is 0 Å². The fraction of sp³-hybridized carbons (Fsp3) is 0.500. The Bertz CT molecular complexity index is 408. The number of carbonyl (C=O) groups excluding carboxylic acids is 1. The van der Waals surface area contributed by atoms with Crippen molar-refractivity contribution in [1.29, 1.82) is 0 Å². The second kappa shape index (κ2) is 5.14. The molecular formula is C12H16N2O3. The normalized spacial score (nSPS) is 20.3. The minimum atomic E-state index is -0.0939. The summed E-state index contributed by atoms with van der Waals surface area (Å²) >= 11 is 0. The van der Waals surface area contributed by atoms with Gasteiger partial charge in [-0.05, 0) is 12.5 Å². The first-order valence-corrected chi connectivity index (χ1v) is 5.75. The Morgan fingerprint density at radius 2 is 2.47 bits per heavy atom. The zero-order chi connectivity index (χ0) is 12.3.